The highest BCUT2D eigenvalue weighted by Gasteiger charge is 2.34. The van der Waals surface area contributed by atoms with Crippen LogP contribution in [-0.4, -0.2) is 5.91 Å². The van der Waals surface area contributed by atoms with Crippen molar-refractivity contribution in [1.82, 2.24) is 0 Å². The van der Waals surface area contributed by atoms with Crippen LogP contribution in [0.25, 0.3) is 0 Å². The lowest BCUT2D eigenvalue weighted by Gasteiger charge is -2.32. The zero-order valence-corrected chi connectivity index (χ0v) is 14.2. The molecule has 1 aliphatic rings. The van der Waals surface area contributed by atoms with Crippen molar-refractivity contribution in [3.05, 3.63) is 26.2 Å². The van der Waals surface area contributed by atoms with Crippen LogP contribution < -0.4 is 5.32 Å². The van der Waals surface area contributed by atoms with E-state index in [1.54, 1.807) is 0 Å². The molecule has 0 aromatic heterocycles. The van der Waals surface area contributed by atoms with Gasteiger partial charge in [-0.15, -0.1) is 0 Å². The van der Waals surface area contributed by atoms with E-state index in [-0.39, 0.29) is 11.3 Å². The van der Waals surface area contributed by atoms with Gasteiger partial charge in [0.05, 0.1) is 5.69 Å². The number of carbonyl (C=O) groups is 1. The predicted octanol–water partition coefficient (Wildman–Crippen LogP) is 4.96. The average molecular weight is 422 g/mol. The van der Waals surface area contributed by atoms with E-state index in [9.17, 15) is 4.79 Å². The number of amides is 1. The average Bonchev–Trinajstić information content (AvgIpc) is 2.35. The van der Waals surface area contributed by atoms with Crippen LogP contribution in [0.5, 0.6) is 0 Å². The van der Waals surface area contributed by atoms with Gasteiger partial charge in [0.15, 0.2) is 0 Å². The van der Waals surface area contributed by atoms with Crippen molar-refractivity contribution in [3.8, 4) is 0 Å². The van der Waals surface area contributed by atoms with Gasteiger partial charge in [-0.25, -0.2) is 0 Å². The fraction of sp³-hybridized carbons (Fsp3) is 0.500. The van der Waals surface area contributed by atoms with Crippen molar-refractivity contribution in [2.24, 2.45) is 5.41 Å². The van der Waals surface area contributed by atoms with E-state index in [1.165, 1.54) is 19.3 Å². The Bertz CT molecular complexity index is 455. The van der Waals surface area contributed by atoms with Crippen LogP contribution in [0.1, 0.15) is 39.0 Å². The largest absolute Gasteiger partial charge is 0.325 e. The zero-order valence-electron chi connectivity index (χ0n) is 10.4. The second-order valence-corrected chi connectivity index (χ2v) is 7.28. The van der Waals surface area contributed by atoms with Crippen molar-refractivity contribution in [2.45, 2.75) is 39.0 Å². The monoisotopic (exact) mass is 421 g/mol. The summed E-state index contributed by atoms with van der Waals surface area (Å²) in [5.41, 5.74) is 0.714. The van der Waals surface area contributed by atoms with E-state index in [1.807, 2.05) is 18.2 Å². The molecule has 0 saturated heterocycles. The number of halogens is 2. The smallest absolute Gasteiger partial charge is 0.230 e. The Kier molecular flexibility index (Phi) is 4.69. The normalized spacial score (nSPS) is 18.4. The molecule has 1 aliphatic carbocycles. The third-order valence-corrected chi connectivity index (χ3v) is 5.12. The first-order valence-corrected chi connectivity index (χ1v) is 8.15. The maximum absolute atomic E-state index is 12.4. The van der Waals surface area contributed by atoms with Crippen molar-refractivity contribution in [2.75, 3.05) is 5.32 Å². The molecule has 4 heteroatoms. The molecule has 1 saturated carbocycles. The zero-order chi connectivity index (χ0) is 13.2. The van der Waals surface area contributed by atoms with Gasteiger partial charge in [0.2, 0.25) is 5.91 Å². The number of anilines is 1. The molecule has 0 atom stereocenters. The Labute approximate surface area is 130 Å². The Morgan fingerprint density at radius 2 is 2.00 bits per heavy atom. The van der Waals surface area contributed by atoms with Crippen molar-refractivity contribution in [1.29, 1.82) is 0 Å². The van der Waals surface area contributed by atoms with E-state index in [0.29, 0.717) is 0 Å². The molecule has 2 nitrogen and oxygen atoms in total. The first kappa shape index (κ1) is 14.3. The molecular weight excluding hydrogens is 405 g/mol. The minimum absolute atomic E-state index is 0.165. The molecule has 18 heavy (non-hydrogen) atoms. The topological polar surface area (TPSA) is 29.1 Å². The fourth-order valence-electron chi connectivity index (χ4n) is 2.43. The SMILES string of the molecule is CC1(C(=O)Nc2cc(Br)ccc2I)CCCCC1. The third kappa shape index (κ3) is 3.26. The highest BCUT2D eigenvalue weighted by Crippen LogP contribution is 2.37. The van der Waals surface area contributed by atoms with Gasteiger partial charge in [0, 0.05) is 13.5 Å². The van der Waals surface area contributed by atoms with Crippen molar-refractivity contribution >= 4 is 50.1 Å². The number of carbonyl (C=O) groups excluding carboxylic acids is 1. The molecule has 0 unspecified atom stereocenters. The summed E-state index contributed by atoms with van der Waals surface area (Å²) in [5.74, 6) is 0.165. The molecular formula is C14H17BrINO. The van der Waals surface area contributed by atoms with Crippen LogP contribution in [-0.2, 0) is 4.79 Å². The van der Waals surface area contributed by atoms with E-state index in [0.717, 1.165) is 26.6 Å². The summed E-state index contributed by atoms with van der Waals surface area (Å²) < 4.78 is 2.07. The van der Waals surface area contributed by atoms with Gasteiger partial charge in [0.25, 0.3) is 0 Å². The summed E-state index contributed by atoms with van der Waals surface area (Å²) in [4.78, 5) is 12.4. The fourth-order valence-corrected chi connectivity index (χ4v) is 3.26. The van der Waals surface area contributed by atoms with Gasteiger partial charge in [-0.1, -0.05) is 42.1 Å². The van der Waals surface area contributed by atoms with Crippen molar-refractivity contribution in [3.63, 3.8) is 0 Å². The van der Waals surface area contributed by atoms with Crippen LogP contribution in [0.3, 0.4) is 0 Å². The molecule has 1 amide bonds. The first-order valence-electron chi connectivity index (χ1n) is 6.28. The van der Waals surface area contributed by atoms with Crippen LogP contribution >= 0.6 is 38.5 Å². The number of hydrogen-bond donors (Lipinski definition) is 1. The first-order chi connectivity index (χ1) is 8.51. The van der Waals surface area contributed by atoms with E-state index in [2.05, 4.69) is 50.8 Å². The maximum atomic E-state index is 12.4. The molecule has 2 rings (SSSR count). The van der Waals surface area contributed by atoms with Gasteiger partial charge >= 0.3 is 0 Å². The molecule has 1 N–H and O–H groups in total. The lowest BCUT2D eigenvalue weighted by Crippen LogP contribution is -2.35. The molecule has 0 radical (unpaired) electrons. The lowest BCUT2D eigenvalue weighted by molar-refractivity contribution is -0.126. The summed E-state index contributed by atoms with van der Waals surface area (Å²) in [6.07, 6.45) is 5.60. The van der Waals surface area contributed by atoms with Crippen LogP contribution in [0.15, 0.2) is 22.7 Å². The Morgan fingerprint density at radius 3 is 2.67 bits per heavy atom. The molecule has 1 fully saturated rings. The maximum Gasteiger partial charge on any atom is 0.230 e. The summed E-state index contributed by atoms with van der Waals surface area (Å²) in [6.45, 7) is 2.09. The number of rotatable bonds is 2. The summed E-state index contributed by atoms with van der Waals surface area (Å²) >= 11 is 5.69. The molecule has 1 aromatic carbocycles. The van der Waals surface area contributed by atoms with E-state index >= 15 is 0 Å². The summed E-state index contributed by atoms with van der Waals surface area (Å²) in [7, 11) is 0. The molecule has 0 aliphatic heterocycles. The van der Waals surface area contributed by atoms with Gasteiger partial charge in [-0.2, -0.15) is 0 Å². The standard InChI is InChI=1S/C14H17BrINO/c1-14(7-3-2-4-8-14)13(18)17-12-9-10(15)5-6-11(12)16/h5-6,9H,2-4,7-8H2,1H3,(H,17,18). The highest BCUT2D eigenvalue weighted by atomic mass is 127. The number of benzene rings is 1. The molecule has 0 spiro atoms. The van der Waals surface area contributed by atoms with Gasteiger partial charge in [0.1, 0.15) is 0 Å². The van der Waals surface area contributed by atoms with E-state index in [4.69, 9.17) is 0 Å². The van der Waals surface area contributed by atoms with Gasteiger partial charge in [-0.3, -0.25) is 4.79 Å². The summed E-state index contributed by atoms with van der Waals surface area (Å²) in [6, 6.07) is 5.95. The van der Waals surface area contributed by atoms with Crippen LogP contribution in [0.4, 0.5) is 5.69 Å². The minimum Gasteiger partial charge on any atom is -0.325 e. The molecule has 98 valence electrons. The van der Waals surface area contributed by atoms with Gasteiger partial charge in [-0.05, 0) is 53.6 Å². The third-order valence-electron chi connectivity index (χ3n) is 3.68. The van der Waals surface area contributed by atoms with Crippen LogP contribution in [0.2, 0.25) is 0 Å². The van der Waals surface area contributed by atoms with Gasteiger partial charge < -0.3 is 5.32 Å². The van der Waals surface area contributed by atoms with E-state index < -0.39 is 0 Å². The summed E-state index contributed by atoms with van der Waals surface area (Å²) in [5, 5.41) is 3.08. The molecule has 0 heterocycles. The minimum atomic E-state index is -0.191. The quantitative estimate of drug-likeness (QED) is 0.671. The number of nitrogens with one attached hydrogen (secondary N) is 1. The Balaban J connectivity index is 2.13. The molecule has 0 bridgehead atoms. The van der Waals surface area contributed by atoms with Crippen molar-refractivity contribution < 1.29 is 4.79 Å². The van der Waals surface area contributed by atoms with Crippen LogP contribution in [0, 0.1) is 8.99 Å². The Hall–Kier alpha value is -0.100. The molecule has 1 aromatic rings. The number of hydrogen-bond acceptors (Lipinski definition) is 1. The second-order valence-electron chi connectivity index (χ2n) is 5.20. The predicted molar refractivity (Wildman–Crippen MR) is 86.7 cm³/mol. The lowest BCUT2D eigenvalue weighted by atomic mass is 9.75. The Morgan fingerprint density at radius 1 is 1.33 bits per heavy atom. The highest BCUT2D eigenvalue weighted by molar-refractivity contribution is 14.1. The second kappa shape index (κ2) is 5.90.